The highest BCUT2D eigenvalue weighted by Gasteiger charge is 1.99. The fourth-order valence-electron chi connectivity index (χ4n) is 1.49. The molecule has 2 rings (SSSR count). The third kappa shape index (κ3) is 4.12. The molecule has 0 unspecified atom stereocenters. The topological polar surface area (TPSA) is 24.9 Å². The summed E-state index contributed by atoms with van der Waals surface area (Å²) in [6.07, 6.45) is 1.82. The van der Waals surface area contributed by atoms with E-state index in [2.05, 4.69) is 57.4 Å². The van der Waals surface area contributed by atoms with E-state index < -0.39 is 0 Å². The molecule has 18 heavy (non-hydrogen) atoms. The van der Waals surface area contributed by atoms with Crippen LogP contribution in [0, 0.1) is 0 Å². The Morgan fingerprint density at radius 2 is 1.94 bits per heavy atom. The summed E-state index contributed by atoms with van der Waals surface area (Å²) in [4.78, 5) is 5.56. The minimum atomic E-state index is 0.929. The van der Waals surface area contributed by atoms with Crippen molar-refractivity contribution >= 4 is 27.7 Å². The predicted molar refractivity (Wildman–Crippen MR) is 79.9 cm³/mol. The van der Waals surface area contributed by atoms with Crippen LogP contribution in [0.3, 0.4) is 0 Å². The number of nitrogens with one attached hydrogen (secondary N) is 1. The number of pyridine rings is 1. The molecular formula is C14H15BrN2S. The van der Waals surface area contributed by atoms with Crippen molar-refractivity contribution in [2.24, 2.45) is 0 Å². The van der Waals surface area contributed by atoms with E-state index in [4.69, 9.17) is 0 Å². The van der Waals surface area contributed by atoms with Gasteiger partial charge in [0, 0.05) is 22.1 Å². The van der Waals surface area contributed by atoms with E-state index in [1.54, 1.807) is 11.8 Å². The Hall–Kier alpha value is -0.840. The molecule has 1 aromatic heterocycles. The summed E-state index contributed by atoms with van der Waals surface area (Å²) in [6.45, 7) is 4.04. The molecular weight excluding hydrogens is 308 g/mol. The lowest BCUT2D eigenvalue weighted by atomic mass is 10.2. The number of halogens is 1. The van der Waals surface area contributed by atoms with Crippen LogP contribution in [0.4, 0.5) is 0 Å². The van der Waals surface area contributed by atoms with E-state index in [0.29, 0.717) is 0 Å². The van der Waals surface area contributed by atoms with Crippen LogP contribution in [0.15, 0.2) is 57.0 Å². The van der Waals surface area contributed by atoms with Gasteiger partial charge in [-0.3, -0.25) is 0 Å². The quantitative estimate of drug-likeness (QED) is 0.896. The molecule has 1 N–H and O–H groups in total. The second-order valence-electron chi connectivity index (χ2n) is 3.84. The SMILES string of the molecule is CCNCc1ccc(Sc2ccc(Br)cn2)cc1. The number of hydrogen-bond acceptors (Lipinski definition) is 3. The van der Waals surface area contributed by atoms with Crippen LogP contribution in [0.1, 0.15) is 12.5 Å². The summed E-state index contributed by atoms with van der Waals surface area (Å²) in [5.41, 5.74) is 1.31. The zero-order chi connectivity index (χ0) is 12.8. The molecule has 2 aromatic rings. The second kappa shape index (κ2) is 6.92. The van der Waals surface area contributed by atoms with Gasteiger partial charge in [-0.25, -0.2) is 4.98 Å². The largest absolute Gasteiger partial charge is 0.313 e. The Bertz CT molecular complexity index is 482. The van der Waals surface area contributed by atoms with Gasteiger partial charge in [-0.05, 0) is 52.3 Å². The van der Waals surface area contributed by atoms with Crippen molar-refractivity contribution in [2.45, 2.75) is 23.4 Å². The predicted octanol–water partition coefficient (Wildman–Crippen LogP) is 4.10. The van der Waals surface area contributed by atoms with E-state index in [-0.39, 0.29) is 0 Å². The van der Waals surface area contributed by atoms with Crippen LogP contribution in [0.2, 0.25) is 0 Å². The van der Waals surface area contributed by atoms with Gasteiger partial charge in [-0.2, -0.15) is 0 Å². The van der Waals surface area contributed by atoms with Gasteiger partial charge in [0.15, 0.2) is 0 Å². The number of aromatic nitrogens is 1. The summed E-state index contributed by atoms with van der Waals surface area (Å²) in [6, 6.07) is 12.6. The van der Waals surface area contributed by atoms with E-state index in [9.17, 15) is 0 Å². The molecule has 0 aliphatic heterocycles. The van der Waals surface area contributed by atoms with Crippen molar-refractivity contribution in [3.63, 3.8) is 0 Å². The molecule has 0 fully saturated rings. The molecule has 1 heterocycles. The molecule has 0 amide bonds. The molecule has 0 aliphatic carbocycles. The van der Waals surface area contributed by atoms with Gasteiger partial charge >= 0.3 is 0 Å². The van der Waals surface area contributed by atoms with Gasteiger partial charge in [0.2, 0.25) is 0 Å². The van der Waals surface area contributed by atoms with Gasteiger partial charge in [-0.15, -0.1) is 0 Å². The highest BCUT2D eigenvalue weighted by atomic mass is 79.9. The minimum Gasteiger partial charge on any atom is -0.313 e. The van der Waals surface area contributed by atoms with E-state index >= 15 is 0 Å². The first-order valence-electron chi connectivity index (χ1n) is 5.87. The molecule has 0 atom stereocenters. The van der Waals surface area contributed by atoms with Gasteiger partial charge in [0.05, 0.1) is 0 Å². The lowest BCUT2D eigenvalue weighted by Gasteiger charge is -2.04. The summed E-state index contributed by atoms with van der Waals surface area (Å²) in [7, 11) is 0. The lowest BCUT2D eigenvalue weighted by Crippen LogP contribution is -2.11. The highest BCUT2D eigenvalue weighted by Crippen LogP contribution is 2.26. The molecule has 0 spiro atoms. The average Bonchev–Trinajstić information content (AvgIpc) is 2.41. The maximum Gasteiger partial charge on any atom is 0.101 e. The van der Waals surface area contributed by atoms with Gasteiger partial charge in [-0.1, -0.05) is 30.8 Å². The van der Waals surface area contributed by atoms with E-state index in [1.165, 1.54) is 10.5 Å². The Balaban J connectivity index is 1.99. The first-order valence-corrected chi connectivity index (χ1v) is 7.48. The van der Waals surface area contributed by atoms with Crippen molar-refractivity contribution in [3.8, 4) is 0 Å². The minimum absolute atomic E-state index is 0.929. The Morgan fingerprint density at radius 1 is 1.17 bits per heavy atom. The van der Waals surface area contributed by atoms with Crippen molar-refractivity contribution in [1.82, 2.24) is 10.3 Å². The maximum absolute atomic E-state index is 4.35. The molecule has 4 heteroatoms. The van der Waals surface area contributed by atoms with Gasteiger partial charge < -0.3 is 5.32 Å². The van der Waals surface area contributed by atoms with Crippen LogP contribution in [0.5, 0.6) is 0 Å². The molecule has 0 aliphatic rings. The van der Waals surface area contributed by atoms with Gasteiger partial charge in [0.25, 0.3) is 0 Å². The lowest BCUT2D eigenvalue weighted by molar-refractivity contribution is 0.726. The van der Waals surface area contributed by atoms with E-state index in [1.807, 2.05) is 18.3 Å². The monoisotopic (exact) mass is 322 g/mol. The third-order valence-electron chi connectivity index (χ3n) is 2.43. The summed E-state index contributed by atoms with van der Waals surface area (Å²) in [5.74, 6) is 0. The maximum atomic E-state index is 4.35. The number of benzene rings is 1. The summed E-state index contributed by atoms with van der Waals surface area (Å²) >= 11 is 5.06. The van der Waals surface area contributed by atoms with Crippen molar-refractivity contribution in [2.75, 3.05) is 6.54 Å². The third-order valence-corrected chi connectivity index (χ3v) is 3.85. The fraction of sp³-hybridized carbons (Fsp3) is 0.214. The van der Waals surface area contributed by atoms with Gasteiger partial charge in [0.1, 0.15) is 5.03 Å². The zero-order valence-corrected chi connectivity index (χ0v) is 12.6. The molecule has 0 saturated heterocycles. The number of nitrogens with zero attached hydrogens (tertiary/aromatic N) is 1. The average molecular weight is 323 g/mol. The molecule has 0 bridgehead atoms. The van der Waals surface area contributed by atoms with E-state index in [0.717, 1.165) is 22.6 Å². The summed E-state index contributed by atoms with van der Waals surface area (Å²) in [5, 5.41) is 4.33. The molecule has 0 saturated carbocycles. The molecule has 2 nitrogen and oxygen atoms in total. The number of hydrogen-bond donors (Lipinski definition) is 1. The van der Waals surface area contributed by atoms with Crippen LogP contribution in [-0.4, -0.2) is 11.5 Å². The van der Waals surface area contributed by atoms with Crippen molar-refractivity contribution < 1.29 is 0 Å². The van der Waals surface area contributed by atoms with Crippen LogP contribution in [0.25, 0.3) is 0 Å². The van der Waals surface area contributed by atoms with Crippen molar-refractivity contribution in [3.05, 3.63) is 52.6 Å². The van der Waals surface area contributed by atoms with Crippen molar-refractivity contribution in [1.29, 1.82) is 0 Å². The normalized spacial score (nSPS) is 10.6. The van der Waals surface area contributed by atoms with Crippen LogP contribution < -0.4 is 5.32 Å². The number of rotatable bonds is 5. The van der Waals surface area contributed by atoms with Crippen LogP contribution in [-0.2, 0) is 6.54 Å². The molecule has 94 valence electrons. The highest BCUT2D eigenvalue weighted by molar-refractivity contribution is 9.10. The zero-order valence-electron chi connectivity index (χ0n) is 10.2. The second-order valence-corrected chi connectivity index (χ2v) is 5.85. The standard InChI is InChI=1S/C14H15BrN2S/c1-2-16-9-11-3-6-13(7-4-11)18-14-8-5-12(15)10-17-14/h3-8,10,16H,2,9H2,1H3. The summed E-state index contributed by atoms with van der Waals surface area (Å²) < 4.78 is 1.01. The van der Waals surface area contributed by atoms with Crippen LogP contribution >= 0.6 is 27.7 Å². The first-order chi connectivity index (χ1) is 8.78. The smallest absolute Gasteiger partial charge is 0.101 e. The molecule has 0 radical (unpaired) electrons. The fourth-order valence-corrected chi connectivity index (χ4v) is 2.48. The Labute approximate surface area is 120 Å². The first kappa shape index (κ1) is 13.6. The Morgan fingerprint density at radius 3 is 2.56 bits per heavy atom. The molecule has 1 aromatic carbocycles. The Kier molecular flexibility index (Phi) is 5.23.